The summed E-state index contributed by atoms with van der Waals surface area (Å²) in [4.78, 5) is 0. The molecule has 1 heterocycles. The van der Waals surface area contributed by atoms with Gasteiger partial charge in [-0.1, -0.05) is 13.8 Å². The zero-order valence-electron chi connectivity index (χ0n) is 11.6. The predicted octanol–water partition coefficient (Wildman–Crippen LogP) is 3.14. The van der Waals surface area contributed by atoms with Crippen LogP contribution in [0.4, 0.5) is 0 Å². The van der Waals surface area contributed by atoms with Gasteiger partial charge in [0.15, 0.2) is 0 Å². The molecule has 3 atom stereocenters. The predicted molar refractivity (Wildman–Crippen MR) is 78.5 cm³/mol. The quantitative estimate of drug-likeness (QED) is 0.928. The van der Waals surface area contributed by atoms with Gasteiger partial charge in [-0.25, -0.2) is 0 Å². The van der Waals surface area contributed by atoms with E-state index in [-0.39, 0.29) is 0 Å². The molecule has 0 aliphatic heterocycles. The van der Waals surface area contributed by atoms with Crippen LogP contribution in [-0.4, -0.2) is 15.8 Å². The van der Waals surface area contributed by atoms with Crippen molar-refractivity contribution in [3.8, 4) is 0 Å². The van der Waals surface area contributed by atoms with E-state index in [2.05, 4.69) is 46.5 Å². The van der Waals surface area contributed by atoms with E-state index in [4.69, 9.17) is 5.73 Å². The Kier molecular flexibility index (Phi) is 4.49. The monoisotopic (exact) mass is 313 g/mol. The smallest absolute Gasteiger partial charge is 0.0766 e. The molecule has 1 saturated carbocycles. The van der Waals surface area contributed by atoms with Crippen LogP contribution in [0.25, 0.3) is 0 Å². The fraction of sp³-hybridized carbons (Fsp3) is 0.786. The van der Waals surface area contributed by atoms with E-state index in [1.165, 1.54) is 28.7 Å². The third-order valence-electron chi connectivity index (χ3n) is 4.44. The summed E-state index contributed by atoms with van der Waals surface area (Å²) in [5.74, 6) is 1.34. The van der Waals surface area contributed by atoms with Gasteiger partial charge in [-0.3, -0.25) is 4.68 Å². The lowest BCUT2D eigenvalue weighted by Crippen LogP contribution is -2.26. The number of nitrogens with two attached hydrogens (primary N) is 1. The zero-order chi connectivity index (χ0) is 13.3. The standard InChI is InChI=1S/C14H24BrN3/c1-4-12-14(15)13(18(5-2)17-12)8-10-6-7-11(16)9(10)3/h9-11H,4-8,16H2,1-3H3. The van der Waals surface area contributed by atoms with E-state index < -0.39 is 0 Å². The molecule has 0 amide bonds. The summed E-state index contributed by atoms with van der Waals surface area (Å²) >= 11 is 3.73. The lowest BCUT2D eigenvalue weighted by Gasteiger charge is -2.18. The number of aromatic nitrogens is 2. The third kappa shape index (κ3) is 2.50. The molecule has 0 radical (unpaired) electrons. The van der Waals surface area contributed by atoms with Crippen molar-refractivity contribution in [2.75, 3.05) is 0 Å². The second-order valence-electron chi connectivity index (χ2n) is 5.44. The number of rotatable bonds is 4. The highest BCUT2D eigenvalue weighted by atomic mass is 79.9. The lowest BCUT2D eigenvalue weighted by molar-refractivity contribution is 0.380. The Labute approximate surface area is 118 Å². The van der Waals surface area contributed by atoms with E-state index >= 15 is 0 Å². The van der Waals surface area contributed by atoms with Gasteiger partial charge in [0.05, 0.1) is 15.9 Å². The van der Waals surface area contributed by atoms with Crippen molar-refractivity contribution in [3.63, 3.8) is 0 Å². The first-order chi connectivity index (χ1) is 8.58. The molecule has 18 heavy (non-hydrogen) atoms. The molecule has 0 saturated heterocycles. The van der Waals surface area contributed by atoms with Crippen LogP contribution in [0.3, 0.4) is 0 Å². The Hall–Kier alpha value is -0.350. The van der Waals surface area contributed by atoms with Crippen LogP contribution in [0.2, 0.25) is 0 Å². The maximum Gasteiger partial charge on any atom is 0.0766 e. The summed E-state index contributed by atoms with van der Waals surface area (Å²) < 4.78 is 3.37. The Balaban J connectivity index is 2.20. The van der Waals surface area contributed by atoms with Crippen LogP contribution in [0.1, 0.15) is 45.0 Å². The topological polar surface area (TPSA) is 43.8 Å². The Morgan fingerprint density at radius 1 is 1.39 bits per heavy atom. The Morgan fingerprint density at radius 2 is 2.11 bits per heavy atom. The van der Waals surface area contributed by atoms with Crippen molar-refractivity contribution in [2.24, 2.45) is 17.6 Å². The maximum atomic E-state index is 6.13. The molecule has 0 aromatic carbocycles. The van der Waals surface area contributed by atoms with E-state index in [1.807, 2.05) is 0 Å². The molecule has 4 heteroatoms. The van der Waals surface area contributed by atoms with E-state index in [0.29, 0.717) is 17.9 Å². The van der Waals surface area contributed by atoms with E-state index in [9.17, 15) is 0 Å². The lowest BCUT2D eigenvalue weighted by atomic mass is 9.91. The molecule has 0 spiro atoms. The molecule has 2 rings (SSSR count). The average Bonchev–Trinajstić information content (AvgIpc) is 2.85. The SMILES string of the molecule is CCc1nn(CC)c(CC2CCC(N)C2C)c1Br. The van der Waals surface area contributed by atoms with Gasteiger partial charge in [-0.05, 0) is 60.4 Å². The molecule has 1 aliphatic carbocycles. The van der Waals surface area contributed by atoms with Gasteiger partial charge in [0, 0.05) is 12.6 Å². The highest BCUT2D eigenvalue weighted by molar-refractivity contribution is 9.10. The van der Waals surface area contributed by atoms with Gasteiger partial charge >= 0.3 is 0 Å². The summed E-state index contributed by atoms with van der Waals surface area (Å²) in [6.07, 6.45) is 4.52. The average molecular weight is 314 g/mol. The van der Waals surface area contributed by atoms with Crippen molar-refractivity contribution < 1.29 is 0 Å². The van der Waals surface area contributed by atoms with Gasteiger partial charge in [-0.2, -0.15) is 5.10 Å². The minimum absolute atomic E-state index is 0.386. The summed E-state index contributed by atoms with van der Waals surface area (Å²) in [5.41, 5.74) is 8.67. The Morgan fingerprint density at radius 3 is 2.61 bits per heavy atom. The zero-order valence-corrected chi connectivity index (χ0v) is 13.2. The highest BCUT2D eigenvalue weighted by Gasteiger charge is 2.31. The largest absolute Gasteiger partial charge is 0.327 e. The second-order valence-corrected chi connectivity index (χ2v) is 6.23. The van der Waals surface area contributed by atoms with E-state index in [1.54, 1.807) is 0 Å². The molecular formula is C14H24BrN3. The minimum atomic E-state index is 0.386. The number of halogens is 1. The summed E-state index contributed by atoms with van der Waals surface area (Å²) in [6.45, 7) is 7.56. The van der Waals surface area contributed by atoms with Gasteiger partial charge in [0.25, 0.3) is 0 Å². The van der Waals surface area contributed by atoms with Crippen LogP contribution >= 0.6 is 15.9 Å². The molecule has 3 unspecified atom stereocenters. The Bertz CT molecular complexity index is 413. The first-order valence-electron chi connectivity index (χ1n) is 7.08. The van der Waals surface area contributed by atoms with Crippen molar-refractivity contribution in [1.29, 1.82) is 0 Å². The van der Waals surface area contributed by atoms with Crippen LogP contribution < -0.4 is 5.73 Å². The number of hydrogen-bond donors (Lipinski definition) is 1. The molecule has 3 nitrogen and oxygen atoms in total. The van der Waals surface area contributed by atoms with Gasteiger partial charge < -0.3 is 5.73 Å². The van der Waals surface area contributed by atoms with Crippen LogP contribution in [0, 0.1) is 11.8 Å². The fourth-order valence-electron chi connectivity index (χ4n) is 3.03. The number of hydrogen-bond acceptors (Lipinski definition) is 2. The maximum absolute atomic E-state index is 6.13. The molecule has 1 aromatic rings. The number of nitrogens with zero attached hydrogens (tertiary/aromatic N) is 2. The molecule has 0 bridgehead atoms. The first kappa shape index (κ1) is 14.1. The van der Waals surface area contributed by atoms with Crippen molar-refractivity contribution in [1.82, 2.24) is 9.78 Å². The highest BCUT2D eigenvalue weighted by Crippen LogP contribution is 2.35. The summed E-state index contributed by atoms with van der Waals surface area (Å²) in [7, 11) is 0. The third-order valence-corrected chi connectivity index (χ3v) is 5.35. The molecule has 1 aliphatic rings. The first-order valence-corrected chi connectivity index (χ1v) is 7.87. The van der Waals surface area contributed by atoms with Crippen molar-refractivity contribution in [2.45, 2.75) is 59.0 Å². The van der Waals surface area contributed by atoms with Gasteiger partial charge in [-0.15, -0.1) is 0 Å². The molecule has 1 aromatic heterocycles. The minimum Gasteiger partial charge on any atom is -0.327 e. The van der Waals surface area contributed by atoms with Crippen LogP contribution in [0.15, 0.2) is 4.47 Å². The fourth-order valence-corrected chi connectivity index (χ4v) is 3.76. The summed E-state index contributed by atoms with van der Waals surface area (Å²) in [6, 6.07) is 0.386. The molecule has 2 N–H and O–H groups in total. The van der Waals surface area contributed by atoms with Crippen molar-refractivity contribution in [3.05, 3.63) is 15.9 Å². The normalized spacial score (nSPS) is 27.9. The molecule has 1 fully saturated rings. The van der Waals surface area contributed by atoms with Gasteiger partial charge in [0.2, 0.25) is 0 Å². The van der Waals surface area contributed by atoms with Crippen molar-refractivity contribution >= 4 is 15.9 Å². The van der Waals surface area contributed by atoms with Gasteiger partial charge in [0.1, 0.15) is 0 Å². The molecule has 102 valence electrons. The molecular weight excluding hydrogens is 290 g/mol. The van der Waals surface area contributed by atoms with E-state index in [0.717, 1.165) is 19.4 Å². The second kappa shape index (κ2) is 5.74. The van der Waals surface area contributed by atoms with Crippen LogP contribution in [-0.2, 0) is 19.4 Å². The summed E-state index contributed by atoms with van der Waals surface area (Å²) in [5, 5.41) is 4.67. The number of aryl methyl sites for hydroxylation is 2. The van der Waals surface area contributed by atoms with Crippen LogP contribution in [0.5, 0.6) is 0 Å².